The first-order valence-electron chi connectivity index (χ1n) is 15.7. The van der Waals surface area contributed by atoms with E-state index in [9.17, 15) is 9.36 Å². The third kappa shape index (κ3) is 7.95. The highest BCUT2D eigenvalue weighted by atomic mass is 31.2. The van der Waals surface area contributed by atoms with Crippen molar-refractivity contribution in [2.24, 2.45) is 5.92 Å². The van der Waals surface area contributed by atoms with E-state index in [0.29, 0.717) is 29.2 Å². The molecule has 2 aromatic heterocycles. The van der Waals surface area contributed by atoms with Crippen LogP contribution in [0.4, 0.5) is 5.95 Å². The molecule has 0 amide bonds. The zero-order chi connectivity index (χ0) is 33.4. The van der Waals surface area contributed by atoms with Crippen LogP contribution in [0, 0.1) is 12.8 Å². The van der Waals surface area contributed by atoms with E-state index in [-0.39, 0.29) is 31.0 Å². The number of nitrogens with two attached hydrogens (primary N) is 1. The fraction of sp³-hybridized carbons (Fsp3) is 0.500. The molecule has 4 aromatic rings. The number of carbonyl (C=O) groups is 1. The number of ether oxygens (including phenoxy) is 3. The van der Waals surface area contributed by atoms with Crippen molar-refractivity contribution in [3.63, 3.8) is 0 Å². The summed E-state index contributed by atoms with van der Waals surface area (Å²) in [5.41, 5.74) is 6.91. The second-order valence-electron chi connectivity index (χ2n) is 10.9. The summed E-state index contributed by atoms with van der Waals surface area (Å²) in [6, 6.07) is 12.1. The second-order valence-corrected chi connectivity index (χ2v) is 12.6. The normalized spacial score (nSPS) is 19.7. The molecule has 3 heterocycles. The summed E-state index contributed by atoms with van der Waals surface area (Å²) in [7, 11) is -2.62. The maximum atomic E-state index is 14.3. The smallest absolute Gasteiger partial charge is 0.459 e. The topological polar surface area (TPSA) is 162 Å². The minimum Gasteiger partial charge on any atom is -0.479 e. The number of anilines is 1. The molecule has 5 unspecified atom stereocenters. The van der Waals surface area contributed by atoms with Crippen LogP contribution in [-0.2, 0) is 23.4 Å². The lowest BCUT2D eigenvalue weighted by atomic mass is 10.1. The summed E-state index contributed by atoms with van der Waals surface area (Å²) in [6.07, 6.45) is 1.29. The monoisotopic (exact) mass is 656 g/mol. The number of aromatic nitrogens is 4. The Morgan fingerprint density at radius 3 is 2.65 bits per heavy atom. The van der Waals surface area contributed by atoms with Gasteiger partial charge in [-0.25, -0.2) is 9.55 Å². The molecule has 5 rings (SSSR count). The largest absolute Gasteiger partial charge is 0.479 e. The van der Waals surface area contributed by atoms with Gasteiger partial charge in [-0.2, -0.15) is 15.1 Å². The van der Waals surface area contributed by atoms with Crippen LogP contribution in [0.25, 0.3) is 21.9 Å². The van der Waals surface area contributed by atoms with Crippen LogP contribution in [0.1, 0.15) is 65.9 Å². The van der Waals surface area contributed by atoms with Gasteiger partial charge in [0.15, 0.2) is 11.2 Å². The molecule has 1 fully saturated rings. The number of esters is 1. The van der Waals surface area contributed by atoms with E-state index in [2.05, 4.69) is 20.0 Å². The molecule has 0 aliphatic carbocycles. The minimum absolute atomic E-state index is 0.0145. The Balaban J connectivity index is 0.00000235. The number of hydrogen-bond donors (Lipinski definition) is 2. The van der Waals surface area contributed by atoms with Gasteiger partial charge in [0.25, 0.3) is 0 Å². The molecule has 5 atom stereocenters. The Hall–Kier alpha value is -3.77. The number of fused-ring (bicyclic) bond motifs is 2. The summed E-state index contributed by atoms with van der Waals surface area (Å²) >= 11 is 0. The molecule has 0 spiro atoms. The zero-order valence-corrected chi connectivity index (χ0v) is 28.5. The summed E-state index contributed by atoms with van der Waals surface area (Å²) in [5, 5.41) is 4.44. The number of nitrogen functional groups attached to an aromatic ring is 1. The van der Waals surface area contributed by atoms with E-state index in [1.807, 2.05) is 69.5 Å². The minimum atomic E-state index is -4.12. The quantitative estimate of drug-likeness (QED) is 0.0933. The molecular formula is C32H45N6O7P. The predicted octanol–water partition coefficient (Wildman–Crippen LogP) is 6.35. The van der Waals surface area contributed by atoms with E-state index >= 15 is 0 Å². The molecular weight excluding hydrogens is 611 g/mol. The van der Waals surface area contributed by atoms with Gasteiger partial charge in [-0.3, -0.25) is 13.9 Å². The third-order valence-corrected chi connectivity index (χ3v) is 9.08. The van der Waals surface area contributed by atoms with Gasteiger partial charge in [0.05, 0.1) is 26.4 Å². The number of rotatable bonds is 13. The number of benzene rings is 2. The van der Waals surface area contributed by atoms with E-state index in [1.165, 1.54) is 7.11 Å². The van der Waals surface area contributed by atoms with Crippen molar-refractivity contribution in [1.29, 1.82) is 0 Å². The Morgan fingerprint density at radius 1 is 1.17 bits per heavy atom. The lowest BCUT2D eigenvalue weighted by molar-refractivity contribution is -0.145. The average Bonchev–Trinajstić information content (AvgIpc) is 3.58. The highest BCUT2D eigenvalue weighted by molar-refractivity contribution is 7.52. The van der Waals surface area contributed by atoms with Crippen LogP contribution in [0.3, 0.4) is 0 Å². The van der Waals surface area contributed by atoms with Gasteiger partial charge in [-0.05, 0) is 38.1 Å². The highest BCUT2D eigenvalue weighted by Crippen LogP contribution is 2.48. The summed E-state index contributed by atoms with van der Waals surface area (Å²) in [6.45, 7) is 11.7. The Morgan fingerprint density at radius 2 is 1.91 bits per heavy atom. The number of nitrogens with one attached hydrogen (secondary N) is 1. The number of carbonyl (C=O) groups excluding carboxylic acids is 1. The Kier molecular flexibility index (Phi) is 12.0. The van der Waals surface area contributed by atoms with Crippen molar-refractivity contribution in [2.75, 3.05) is 26.1 Å². The molecule has 13 nitrogen and oxygen atoms in total. The number of hydrogen-bond acceptors (Lipinski definition) is 11. The highest BCUT2D eigenvalue weighted by Gasteiger charge is 2.39. The van der Waals surface area contributed by atoms with Gasteiger partial charge in [-0.15, -0.1) is 0 Å². The number of unbranched alkanes of at least 4 members (excludes halogenated alkanes) is 1. The first kappa shape index (κ1) is 35.1. The number of methoxy groups -OCH3 is 1. The van der Waals surface area contributed by atoms with Crippen LogP contribution < -0.4 is 20.1 Å². The lowest BCUT2D eigenvalue weighted by Gasteiger charge is -2.25. The fourth-order valence-corrected chi connectivity index (χ4v) is 6.81. The molecule has 14 heteroatoms. The van der Waals surface area contributed by atoms with Crippen molar-refractivity contribution in [3.8, 4) is 11.6 Å². The van der Waals surface area contributed by atoms with Gasteiger partial charge in [-0.1, -0.05) is 70.5 Å². The van der Waals surface area contributed by atoms with Gasteiger partial charge in [0.1, 0.15) is 23.8 Å². The first-order chi connectivity index (χ1) is 22.1. The van der Waals surface area contributed by atoms with E-state index in [0.717, 1.165) is 23.6 Å². The number of nitrogens with zero attached hydrogens (tertiary/aromatic N) is 4. The molecule has 46 heavy (non-hydrogen) atoms. The van der Waals surface area contributed by atoms with Crippen LogP contribution in [0.2, 0.25) is 0 Å². The van der Waals surface area contributed by atoms with Gasteiger partial charge in [0, 0.05) is 11.3 Å². The predicted molar refractivity (Wildman–Crippen MR) is 177 cm³/mol. The SMILES string of the molecule is CC.CCCCOC(=O)C(C)NP(=O)(OCC1CC(C)C(n2c(C)nc3c(OC)nc(N)nc32)O1)Oc1cccc2ccccc12. The zero-order valence-electron chi connectivity index (χ0n) is 27.6. The average molecular weight is 657 g/mol. The summed E-state index contributed by atoms with van der Waals surface area (Å²) in [5.74, 6) is 0.810. The molecule has 3 N–H and O–H groups in total. The van der Waals surface area contributed by atoms with Crippen molar-refractivity contribution < 1.29 is 32.6 Å². The molecule has 1 saturated heterocycles. The number of aryl methyl sites for hydroxylation is 1. The van der Waals surface area contributed by atoms with E-state index in [1.54, 1.807) is 19.1 Å². The first-order valence-corrected chi connectivity index (χ1v) is 17.2. The molecule has 1 aliphatic rings. The molecule has 0 bridgehead atoms. The Labute approximate surface area is 269 Å². The van der Waals surface area contributed by atoms with Crippen molar-refractivity contribution in [1.82, 2.24) is 24.6 Å². The fourth-order valence-electron chi connectivity index (χ4n) is 5.27. The number of imidazole rings is 1. The molecule has 250 valence electrons. The van der Waals surface area contributed by atoms with Crippen molar-refractivity contribution in [2.45, 2.75) is 79.2 Å². The van der Waals surface area contributed by atoms with Gasteiger partial charge in [0.2, 0.25) is 11.8 Å². The third-order valence-electron chi connectivity index (χ3n) is 7.45. The standard InChI is InChI=1S/C30H39N6O7P.C2H6/c1-6-7-15-40-29(37)19(3)35-44(38,43-24-14-10-12-21-11-8-9-13-23(21)24)41-17-22-16-18(2)28(42-22)36-20(4)32-25-26(36)33-30(31)34-27(25)39-5;1-2/h8-14,18-19,22,28H,6-7,15-17H2,1-5H3,(H,35,38)(H2,31,33,34);1-2H3. The van der Waals surface area contributed by atoms with Crippen LogP contribution >= 0.6 is 7.75 Å². The van der Waals surface area contributed by atoms with Gasteiger partial charge < -0.3 is 24.5 Å². The summed E-state index contributed by atoms with van der Waals surface area (Å²) < 4.78 is 45.3. The van der Waals surface area contributed by atoms with E-state index < -0.39 is 32.1 Å². The van der Waals surface area contributed by atoms with E-state index in [4.69, 9.17) is 29.0 Å². The van der Waals surface area contributed by atoms with Gasteiger partial charge >= 0.3 is 13.7 Å². The molecule has 0 saturated carbocycles. The maximum absolute atomic E-state index is 14.3. The molecule has 1 aliphatic heterocycles. The molecule has 2 aromatic carbocycles. The summed E-state index contributed by atoms with van der Waals surface area (Å²) in [4.78, 5) is 25.8. The van der Waals surface area contributed by atoms with Crippen LogP contribution in [0.15, 0.2) is 42.5 Å². The van der Waals surface area contributed by atoms with Crippen molar-refractivity contribution >= 4 is 41.6 Å². The lowest BCUT2D eigenvalue weighted by Crippen LogP contribution is -2.36. The Bertz CT molecular complexity index is 1680. The van der Waals surface area contributed by atoms with Crippen molar-refractivity contribution in [3.05, 3.63) is 48.3 Å². The van der Waals surface area contributed by atoms with Crippen LogP contribution in [-0.4, -0.2) is 58.0 Å². The van der Waals surface area contributed by atoms with Crippen LogP contribution in [0.5, 0.6) is 11.6 Å². The second kappa shape index (κ2) is 15.7. The molecule has 0 radical (unpaired) electrons. The maximum Gasteiger partial charge on any atom is 0.459 e.